The molecular formula is C30H38N2O8. The predicted octanol–water partition coefficient (Wildman–Crippen LogP) is 6.99. The Balaban J connectivity index is 2.03. The van der Waals surface area contributed by atoms with Crippen LogP contribution in [0.2, 0.25) is 0 Å². The number of allylic oxidation sites excluding steroid dienone is 2. The molecule has 0 aliphatic heterocycles. The molecule has 2 aromatic carbocycles. The molecule has 0 bridgehead atoms. The number of non-ortho nitro benzene ring substituents is 1. The first-order valence-electron chi connectivity index (χ1n) is 13.2. The highest BCUT2D eigenvalue weighted by atomic mass is 16.6. The molecule has 2 aromatic rings. The molecule has 3 rings (SSSR count). The highest BCUT2D eigenvalue weighted by molar-refractivity contribution is 5.94. The summed E-state index contributed by atoms with van der Waals surface area (Å²) in [4.78, 5) is 36.3. The third-order valence-corrected chi connectivity index (χ3v) is 7.33. The Morgan fingerprint density at radius 1 is 1.12 bits per heavy atom. The summed E-state index contributed by atoms with van der Waals surface area (Å²) >= 11 is 0. The fourth-order valence-corrected chi connectivity index (χ4v) is 5.50. The molecule has 40 heavy (non-hydrogen) atoms. The van der Waals surface area contributed by atoms with Gasteiger partial charge in [0.05, 0.1) is 26.3 Å². The van der Waals surface area contributed by atoms with Crippen molar-refractivity contribution in [1.29, 1.82) is 0 Å². The Bertz CT molecular complexity index is 1270. The summed E-state index contributed by atoms with van der Waals surface area (Å²) in [6.07, 6.45) is 3.21. The van der Waals surface area contributed by atoms with Gasteiger partial charge in [-0.3, -0.25) is 15.4 Å². The van der Waals surface area contributed by atoms with Crippen molar-refractivity contribution in [1.82, 2.24) is 0 Å². The van der Waals surface area contributed by atoms with Gasteiger partial charge in [0, 0.05) is 29.3 Å². The number of fused-ring (bicyclic) bond motifs is 1. The van der Waals surface area contributed by atoms with Crippen LogP contribution in [0.25, 0.3) is 0 Å². The SMILES string of the molecule is COC(=O)c1cc2c(c(OC)c1OC)[C@H](C)C[C@@H](OC(=O)Nc1ccc([N+](=O)[O-])cc1)[C@H]2[C@@H](C)CCC=C(C)C. The summed E-state index contributed by atoms with van der Waals surface area (Å²) in [5.74, 6) is -0.0241. The normalized spacial score (nSPS) is 18.5. The Morgan fingerprint density at radius 3 is 2.33 bits per heavy atom. The number of carbonyl (C=O) groups excluding carboxylic acids is 2. The molecule has 0 fully saturated rings. The van der Waals surface area contributed by atoms with Crippen molar-refractivity contribution >= 4 is 23.4 Å². The number of nitro benzene ring substituents is 1. The first-order valence-corrected chi connectivity index (χ1v) is 13.2. The maximum atomic E-state index is 13.0. The number of nitro groups is 1. The van der Waals surface area contributed by atoms with Gasteiger partial charge in [-0.15, -0.1) is 0 Å². The smallest absolute Gasteiger partial charge is 0.411 e. The molecule has 4 atom stereocenters. The second-order valence-corrected chi connectivity index (χ2v) is 10.4. The van der Waals surface area contributed by atoms with Gasteiger partial charge in [-0.2, -0.15) is 0 Å². The lowest BCUT2D eigenvalue weighted by Crippen LogP contribution is -2.37. The Labute approximate surface area is 234 Å². The van der Waals surface area contributed by atoms with Crippen molar-refractivity contribution in [3.63, 3.8) is 0 Å². The molecule has 0 heterocycles. The second-order valence-electron chi connectivity index (χ2n) is 10.4. The van der Waals surface area contributed by atoms with E-state index in [1.165, 1.54) is 44.1 Å². The molecule has 0 spiro atoms. The number of esters is 1. The first-order chi connectivity index (χ1) is 19.0. The van der Waals surface area contributed by atoms with Crippen LogP contribution in [0.3, 0.4) is 0 Å². The van der Waals surface area contributed by atoms with Crippen LogP contribution in [0.5, 0.6) is 11.5 Å². The van der Waals surface area contributed by atoms with Gasteiger partial charge in [0.25, 0.3) is 5.69 Å². The summed E-state index contributed by atoms with van der Waals surface area (Å²) in [6, 6.07) is 7.33. The van der Waals surface area contributed by atoms with Crippen molar-refractivity contribution in [3.8, 4) is 11.5 Å². The monoisotopic (exact) mass is 554 g/mol. The first kappa shape index (κ1) is 30.5. The summed E-state index contributed by atoms with van der Waals surface area (Å²) in [5, 5.41) is 13.6. The number of rotatable bonds is 10. The maximum absolute atomic E-state index is 13.0. The van der Waals surface area contributed by atoms with E-state index >= 15 is 0 Å². The number of hydrogen-bond donors (Lipinski definition) is 1. The van der Waals surface area contributed by atoms with Gasteiger partial charge in [-0.05, 0) is 68.7 Å². The lowest BCUT2D eigenvalue weighted by atomic mass is 9.69. The topological polar surface area (TPSA) is 126 Å². The Hall–Kier alpha value is -4.08. The van der Waals surface area contributed by atoms with Crippen LogP contribution in [-0.4, -0.2) is 44.4 Å². The fraction of sp³-hybridized carbons (Fsp3) is 0.467. The maximum Gasteiger partial charge on any atom is 0.411 e. The van der Waals surface area contributed by atoms with Crippen LogP contribution in [0.1, 0.15) is 80.3 Å². The third-order valence-electron chi connectivity index (χ3n) is 7.33. The summed E-state index contributed by atoms with van der Waals surface area (Å²) in [6.45, 7) is 8.24. The number of hydrogen-bond acceptors (Lipinski definition) is 8. The molecule has 0 aromatic heterocycles. The van der Waals surface area contributed by atoms with Crippen LogP contribution >= 0.6 is 0 Å². The second kappa shape index (κ2) is 13.3. The molecule has 0 unspecified atom stereocenters. The minimum absolute atomic E-state index is 0.0719. The standard InChI is InChI=1S/C30H38N2O8/c1-17(2)9-8-10-18(3)25-22-16-23(29(33)39-7)27(37-5)28(38-6)26(22)19(4)15-24(25)40-30(34)31-20-11-13-21(14-12-20)32(35)36/h9,11-14,16,18-19,24-25H,8,10,15H2,1-7H3,(H,31,34)/t18-,19+,24+,25-/m0/s1. The van der Waals surface area contributed by atoms with Gasteiger partial charge in [-0.1, -0.05) is 25.5 Å². The van der Waals surface area contributed by atoms with E-state index in [0.717, 1.165) is 24.0 Å². The van der Waals surface area contributed by atoms with Gasteiger partial charge in [0.2, 0.25) is 0 Å². The highest BCUT2D eigenvalue weighted by Gasteiger charge is 2.42. The van der Waals surface area contributed by atoms with Crippen LogP contribution in [0, 0.1) is 16.0 Å². The molecular weight excluding hydrogens is 516 g/mol. The summed E-state index contributed by atoms with van der Waals surface area (Å²) in [7, 11) is 4.34. The lowest BCUT2D eigenvalue weighted by Gasteiger charge is -2.40. The van der Waals surface area contributed by atoms with Crippen molar-refractivity contribution in [2.75, 3.05) is 26.6 Å². The van der Waals surface area contributed by atoms with Gasteiger partial charge in [-0.25, -0.2) is 9.59 Å². The Morgan fingerprint density at radius 2 is 1.77 bits per heavy atom. The van der Waals surface area contributed by atoms with Crippen LogP contribution in [0.4, 0.5) is 16.2 Å². The molecule has 1 aliphatic carbocycles. The minimum Gasteiger partial charge on any atom is -0.493 e. The quantitative estimate of drug-likeness (QED) is 0.144. The van der Waals surface area contributed by atoms with Gasteiger partial charge in [0.1, 0.15) is 11.7 Å². The zero-order valence-electron chi connectivity index (χ0n) is 24.1. The molecule has 10 heteroatoms. The number of amides is 1. The van der Waals surface area contributed by atoms with E-state index in [0.29, 0.717) is 23.6 Å². The molecule has 10 nitrogen and oxygen atoms in total. The average molecular weight is 555 g/mol. The van der Waals surface area contributed by atoms with Crippen molar-refractivity contribution in [3.05, 3.63) is 68.8 Å². The van der Waals surface area contributed by atoms with E-state index in [-0.39, 0.29) is 29.0 Å². The largest absolute Gasteiger partial charge is 0.493 e. The molecule has 1 N–H and O–H groups in total. The van der Waals surface area contributed by atoms with Crippen molar-refractivity contribution in [2.45, 2.75) is 64.9 Å². The number of nitrogens with zero attached hydrogens (tertiary/aromatic N) is 1. The molecule has 1 amide bonds. The summed E-state index contributed by atoms with van der Waals surface area (Å²) in [5.41, 5.74) is 3.54. The number of benzene rings is 2. The zero-order chi connectivity index (χ0) is 29.6. The highest BCUT2D eigenvalue weighted by Crippen LogP contribution is 2.52. The molecule has 0 radical (unpaired) electrons. The number of anilines is 1. The minimum atomic E-state index is -0.662. The molecule has 1 aliphatic rings. The predicted molar refractivity (Wildman–Crippen MR) is 151 cm³/mol. The van der Waals surface area contributed by atoms with Gasteiger partial charge in [0.15, 0.2) is 11.5 Å². The zero-order valence-corrected chi connectivity index (χ0v) is 24.1. The van der Waals surface area contributed by atoms with Crippen molar-refractivity contribution in [2.24, 2.45) is 5.92 Å². The third kappa shape index (κ3) is 6.73. The number of methoxy groups -OCH3 is 3. The fourth-order valence-electron chi connectivity index (χ4n) is 5.50. The number of ether oxygens (including phenoxy) is 4. The van der Waals surface area contributed by atoms with Crippen LogP contribution < -0.4 is 14.8 Å². The van der Waals surface area contributed by atoms with Crippen LogP contribution in [0.15, 0.2) is 42.0 Å². The van der Waals surface area contributed by atoms with Gasteiger partial charge >= 0.3 is 12.1 Å². The van der Waals surface area contributed by atoms with E-state index in [4.69, 9.17) is 18.9 Å². The number of nitrogens with one attached hydrogen (secondary N) is 1. The summed E-state index contributed by atoms with van der Waals surface area (Å²) < 4.78 is 22.5. The van der Waals surface area contributed by atoms with Crippen molar-refractivity contribution < 1.29 is 33.5 Å². The average Bonchev–Trinajstić information content (AvgIpc) is 2.91. The molecule has 216 valence electrons. The lowest BCUT2D eigenvalue weighted by molar-refractivity contribution is -0.384. The van der Waals surface area contributed by atoms with E-state index < -0.39 is 23.1 Å². The van der Waals surface area contributed by atoms with E-state index in [1.807, 2.05) is 6.92 Å². The van der Waals surface area contributed by atoms with Crippen LogP contribution in [-0.2, 0) is 9.47 Å². The molecule has 0 saturated heterocycles. The van der Waals surface area contributed by atoms with E-state index in [2.05, 4.69) is 32.2 Å². The number of carbonyl (C=O) groups is 2. The van der Waals surface area contributed by atoms with E-state index in [1.54, 1.807) is 13.2 Å². The van der Waals surface area contributed by atoms with E-state index in [9.17, 15) is 19.7 Å². The van der Waals surface area contributed by atoms with Gasteiger partial charge < -0.3 is 18.9 Å². The Kier molecular flexibility index (Phi) is 10.1. The molecule has 0 saturated carbocycles.